The first-order chi connectivity index (χ1) is 7.56. The third-order valence-electron chi connectivity index (χ3n) is 2.85. The third kappa shape index (κ3) is 1.84. The van der Waals surface area contributed by atoms with E-state index in [0.717, 1.165) is 18.6 Å². The van der Waals surface area contributed by atoms with E-state index < -0.39 is 16.7 Å². The minimum Gasteiger partial charge on any atom is -0.294 e. The zero-order valence-electron chi connectivity index (χ0n) is 8.64. The minimum atomic E-state index is -0.957. The fourth-order valence-corrected chi connectivity index (χ4v) is 1.93. The maximum atomic E-state index is 13.5. The molecule has 2 atom stereocenters. The minimum absolute atomic E-state index is 0.122. The fourth-order valence-electron chi connectivity index (χ4n) is 1.77. The molecule has 2 rings (SSSR count). The topological polar surface area (TPSA) is 17.1 Å². The molecule has 4 heteroatoms. The molecule has 1 aromatic carbocycles. The molecule has 1 saturated carbocycles. The lowest BCUT2D eigenvalue weighted by Crippen LogP contribution is -2.07. The summed E-state index contributed by atoms with van der Waals surface area (Å²) in [5.41, 5.74) is -0.122. The van der Waals surface area contributed by atoms with Gasteiger partial charge in [0.1, 0.15) is 10.8 Å². The van der Waals surface area contributed by atoms with E-state index in [9.17, 15) is 13.6 Å². The Morgan fingerprint density at radius 2 is 2.12 bits per heavy atom. The van der Waals surface area contributed by atoms with Crippen molar-refractivity contribution in [3.8, 4) is 0 Å². The standard InChI is InChI=1S/C12H10ClF2O/c1-2-6-5-8(6)12(16)7-3-4-9(14)10(13)11(7)15/h3-6,8H,2H2,1H3. The van der Waals surface area contributed by atoms with E-state index in [-0.39, 0.29) is 23.2 Å². The molecular weight excluding hydrogens is 234 g/mol. The number of carbonyl (C=O) groups excluding carboxylic acids is 1. The molecule has 0 heterocycles. The van der Waals surface area contributed by atoms with Gasteiger partial charge >= 0.3 is 0 Å². The number of halogens is 3. The van der Waals surface area contributed by atoms with Crippen LogP contribution in [-0.4, -0.2) is 5.78 Å². The molecule has 0 saturated heterocycles. The summed E-state index contributed by atoms with van der Waals surface area (Å²) in [5, 5.41) is -0.612. The van der Waals surface area contributed by atoms with Gasteiger partial charge in [-0.2, -0.15) is 0 Å². The van der Waals surface area contributed by atoms with Crippen molar-refractivity contribution < 1.29 is 13.6 Å². The van der Waals surface area contributed by atoms with Crippen molar-refractivity contribution in [2.45, 2.75) is 13.3 Å². The number of rotatable bonds is 3. The Bertz CT molecular complexity index is 445. The number of carbonyl (C=O) groups is 1. The van der Waals surface area contributed by atoms with Crippen molar-refractivity contribution in [2.24, 2.45) is 11.8 Å². The molecule has 0 aromatic heterocycles. The Morgan fingerprint density at radius 3 is 2.69 bits per heavy atom. The highest BCUT2D eigenvalue weighted by atomic mass is 35.5. The lowest BCUT2D eigenvalue weighted by molar-refractivity contribution is 0.0960. The summed E-state index contributed by atoms with van der Waals surface area (Å²) in [6, 6.07) is 2.17. The van der Waals surface area contributed by atoms with Gasteiger partial charge in [0, 0.05) is 5.92 Å². The number of ketones is 1. The summed E-state index contributed by atoms with van der Waals surface area (Å²) in [4.78, 5) is 11.8. The molecule has 1 fully saturated rings. The van der Waals surface area contributed by atoms with Gasteiger partial charge in [-0.25, -0.2) is 8.78 Å². The molecule has 1 aliphatic rings. The Hall–Kier alpha value is -0.960. The van der Waals surface area contributed by atoms with Crippen LogP contribution >= 0.6 is 11.6 Å². The van der Waals surface area contributed by atoms with Crippen LogP contribution in [0, 0.1) is 29.9 Å². The van der Waals surface area contributed by atoms with Crippen LogP contribution in [0.5, 0.6) is 0 Å². The van der Waals surface area contributed by atoms with E-state index in [0.29, 0.717) is 0 Å². The van der Waals surface area contributed by atoms with Crippen LogP contribution in [0.3, 0.4) is 0 Å². The van der Waals surface area contributed by atoms with Gasteiger partial charge in [0.2, 0.25) is 0 Å². The van der Waals surface area contributed by atoms with Gasteiger partial charge in [0.15, 0.2) is 11.6 Å². The third-order valence-corrected chi connectivity index (χ3v) is 3.20. The second kappa shape index (κ2) is 4.13. The van der Waals surface area contributed by atoms with E-state index in [1.54, 1.807) is 0 Å². The van der Waals surface area contributed by atoms with Gasteiger partial charge in [-0.3, -0.25) is 4.79 Å². The average Bonchev–Trinajstić information content (AvgIpc) is 3.04. The maximum Gasteiger partial charge on any atom is 0.169 e. The first kappa shape index (κ1) is 11.5. The lowest BCUT2D eigenvalue weighted by Gasteiger charge is -2.04. The van der Waals surface area contributed by atoms with Crippen molar-refractivity contribution in [3.63, 3.8) is 0 Å². The predicted molar refractivity (Wildman–Crippen MR) is 57.3 cm³/mol. The van der Waals surface area contributed by atoms with Crippen molar-refractivity contribution in [1.82, 2.24) is 0 Å². The zero-order valence-corrected chi connectivity index (χ0v) is 9.39. The molecule has 0 N–H and O–H groups in total. The summed E-state index contributed by atoms with van der Waals surface area (Å²) in [5.74, 6) is -2.13. The summed E-state index contributed by atoms with van der Waals surface area (Å²) in [6.07, 6.45) is 2.71. The van der Waals surface area contributed by atoms with Crippen molar-refractivity contribution in [2.75, 3.05) is 0 Å². The summed E-state index contributed by atoms with van der Waals surface area (Å²) in [6.45, 7) is 1.96. The van der Waals surface area contributed by atoms with E-state index in [1.165, 1.54) is 0 Å². The summed E-state index contributed by atoms with van der Waals surface area (Å²) < 4.78 is 26.4. The second-order valence-corrected chi connectivity index (χ2v) is 4.26. The van der Waals surface area contributed by atoms with Crippen molar-refractivity contribution in [1.29, 1.82) is 0 Å². The number of hydrogen-bond donors (Lipinski definition) is 0. The molecule has 0 bridgehead atoms. The van der Waals surface area contributed by atoms with Gasteiger partial charge in [0.05, 0.1) is 5.56 Å². The largest absolute Gasteiger partial charge is 0.294 e. The summed E-state index contributed by atoms with van der Waals surface area (Å²) >= 11 is 5.41. The maximum absolute atomic E-state index is 13.5. The molecule has 1 nitrogen and oxygen atoms in total. The molecule has 16 heavy (non-hydrogen) atoms. The highest BCUT2D eigenvalue weighted by molar-refractivity contribution is 6.31. The van der Waals surface area contributed by atoms with Crippen LogP contribution < -0.4 is 0 Å². The van der Waals surface area contributed by atoms with Crippen LogP contribution in [-0.2, 0) is 0 Å². The lowest BCUT2D eigenvalue weighted by atomic mass is 10.0. The van der Waals surface area contributed by atoms with E-state index in [4.69, 9.17) is 11.6 Å². The molecule has 0 spiro atoms. The zero-order chi connectivity index (χ0) is 11.9. The number of Topliss-reactive ketones (excluding diaryl/α,β-unsaturated/α-hetero) is 1. The van der Waals surface area contributed by atoms with Crippen LogP contribution in [0.25, 0.3) is 0 Å². The number of hydrogen-bond acceptors (Lipinski definition) is 1. The molecule has 1 aromatic rings. The van der Waals surface area contributed by atoms with Gasteiger partial charge in [0.25, 0.3) is 0 Å². The molecule has 1 aliphatic carbocycles. The quantitative estimate of drug-likeness (QED) is 0.585. The van der Waals surface area contributed by atoms with Crippen LogP contribution in [0.4, 0.5) is 8.78 Å². The van der Waals surface area contributed by atoms with E-state index in [2.05, 4.69) is 0 Å². The van der Waals surface area contributed by atoms with Crippen LogP contribution in [0.2, 0.25) is 5.02 Å². The first-order valence-electron chi connectivity index (χ1n) is 5.09. The molecule has 0 amide bonds. The second-order valence-electron chi connectivity index (χ2n) is 3.88. The first-order valence-corrected chi connectivity index (χ1v) is 5.46. The Labute approximate surface area is 97.4 Å². The van der Waals surface area contributed by atoms with Crippen LogP contribution in [0.1, 0.15) is 23.7 Å². The van der Waals surface area contributed by atoms with Crippen LogP contribution in [0.15, 0.2) is 12.1 Å². The molecule has 1 radical (unpaired) electrons. The van der Waals surface area contributed by atoms with E-state index in [1.807, 2.05) is 13.3 Å². The van der Waals surface area contributed by atoms with E-state index >= 15 is 0 Å². The molecule has 0 aliphatic heterocycles. The highest BCUT2D eigenvalue weighted by Crippen LogP contribution is 2.42. The fraction of sp³-hybridized carbons (Fsp3) is 0.333. The van der Waals surface area contributed by atoms with Crippen molar-refractivity contribution >= 4 is 17.4 Å². The molecule has 85 valence electrons. The molecule has 2 unspecified atom stereocenters. The normalized spacial score (nSPS) is 23.2. The predicted octanol–water partition coefficient (Wildman–Crippen LogP) is 3.66. The van der Waals surface area contributed by atoms with Crippen molar-refractivity contribution in [3.05, 3.63) is 40.8 Å². The van der Waals surface area contributed by atoms with Gasteiger partial charge < -0.3 is 0 Å². The Balaban J connectivity index is 2.28. The monoisotopic (exact) mass is 243 g/mol. The molecular formula is C12H10ClF2O. The van der Waals surface area contributed by atoms with Gasteiger partial charge in [-0.05, 0) is 24.5 Å². The Morgan fingerprint density at radius 1 is 1.44 bits per heavy atom. The highest BCUT2D eigenvalue weighted by Gasteiger charge is 2.43. The summed E-state index contributed by atoms with van der Waals surface area (Å²) in [7, 11) is 0. The van der Waals surface area contributed by atoms with Gasteiger partial charge in [-0.15, -0.1) is 0 Å². The SMILES string of the molecule is CCC1[CH]C1C(=O)c1ccc(F)c(Cl)c1F. The number of benzene rings is 1. The average molecular weight is 244 g/mol. The van der Waals surface area contributed by atoms with Gasteiger partial charge in [-0.1, -0.05) is 24.9 Å². The Kier molecular flexibility index (Phi) is 2.98. The smallest absolute Gasteiger partial charge is 0.169 e.